The molecule has 18 heavy (non-hydrogen) atoms. The van der Waals surface area contributed by atoms with Crippen molar-refractivity contribution < 1.29 is 4.57 Å². The molecule has 0 radical (unpaired) electrons. The van der Waals surface area contributed by atoms with Crippen molar-refractivity contribution in [1.82, 2.24) is 9.97 Å². The molecule has 0 saturated heterocycles. The second kappa shape index (κ2) is 4.69. The summed E-state index contributed by atoms with van der Waals surface area (Å²) in [5.74, 6) is 0. The number of hydrogen-bond acceptors (Lipinski definition) is 3. The van der Waals surface area contributed by atoms with Crippen LogP contribution in [0.4, 0.5) is 0 Å². The quantitative estimate of drug-likeness (QED) is 0.865. The van der Waals surface area contributed by atoms with Gasteiger partial charge in [0, 0.05) is 24.1 Å². The highest BCUT2D eigenvalue weighted by atomic mass is 31.2. The molecule has 0 unspecified atom stereocenters. The summed E-state index contributed by atoms with van der Waals surface area (Å²) in [6.45, 7) is 5.54. The summed E-state index contributed by atoms with van der Waals surface area (Å²) in [4.78, 5) is 19.4. The second-order valence-electron chi connectivity index (χ2n) is 4.39. The van der Waals surface area contributed by atoms with Crippen molar-refractivity contribution in [2.75, 3.05) is 12.3 Å². The maximum absolute atomic E-state index is 12.6. The predicted molar refractivity (Wildman–Crippen MR) is 75.4 cm³/mol. The Morgan fingerprint density at radius 1 is 1.28 bits per heavy atom. The van der Waals surface area contributed by atoms with Gasteiger partial charge in [-0.1, -0.05) is 13.8 Å². The van der Waals surface area contributed by atoms with Crippen LogP contribution in [-0.2, 0) is 4.57 Å². The van der Waals surface area contributed by atoms with E-state index in [9.17, 15) is 9.36 Å². The van der Waals surface area contributed by atoms with Crippen molar-refractivity contribution in [3.63, 3.8) is 0 Å². The first kappa shape index (κ1) is 13.0. The fourth-order valence-electron chi connectivity index (χ4n) is 1.95. The number of hydrogen-bond donors (Lipinski definition) is 1. The molecule has 2 aromatic rings. The van der Waals surface area contributed by atoms with Crippen LogP contribution in [0, 0.1) is 6.92 Å². The number of rotatable bonds is 3. The largest absolute Gasteiger partial charge is 0.359 e. The average Bonchev–Trinajstić information content (AvgIpc) is 2.42. The maximum Gasteiger partial charge on any atom is 0.210 e. The fourth-order valence-corrected chi connectivity index (χ4v) is 3.67. The molecule has 0 bridgehead atoms. The molecule has 0 aromatic carbocycles. The number of fused-ring (bicyclic) bond motifs is 1. The molecule has 2 rings (SSSR count). The van der Waals surface area contributed by atoms with Crippen LogP contribution < -0.4 is 10.9 Å². The van der Waals surface area contributed by atoms with E-state index in [1.165, 1.54) is 0 Å². The summed E-state index contributed by atoms with van der Waals surface area (Å²) >= 11 is 0. The lowest BCUT2D eigenvalue weighted by Crippen LogP contribution is -2.17. The summed E-state index contributed by atoms with van der Waals surface area (Å²) in [7, 11) is -2.44. The van der Waals surface area contributed by atoms with Crippen molar-refractivity contribution >= 4 is 23.6 Å². The van der Waals surface area contributed by atoms with Crippen LogP contribution in [0.5, 0.6) is 0 Å². The Labute approximate surface area is 106 Å². The first-order valence-corrected chi connectivity index (χ1v) is 8.17. The molecule has 0 aliphatic heterocycles. The molecule has 2 heterocycles. The maximum atomic E-state index is 12.6. The summed E-state index contributed by atoms with van der Waals surface area (Å²) in [5, 5.41) is 0. The Morgan fingerprint density at radius 3 is 2.56 bits per heavy atom. The van der Waals surface area contributed by atoms with E-state index < -0.39 is 7.14 Å². The lowest BCUT2D eigenvalue weighted by atomic mass is 10.2. The smallest absolute Gasteiger partial charge is 0.210 e. The molecule has 0 aliphatic carbocycles. The van der Waals surface area contributed by atoms with Crippen LogP contribution >= 0.6 is 7.14 Å². The van der Waals surface area contributed by atoms with E-state index >= 15 is 0 Å². The Hall–Kier alpha value is -1.41. The van der Waals surface area contributed by atoms with Gasteiger partial charge in [0.1, 0.15) is 18.1 Å². The number of nitrogens with zero attached hydrogens (tertiary/aromatic N) is 1. The fraction of sp³-hybridized carbons (Fsp3) is 0.385. The van der Waals surface area contributed by atoms with Gasteiger partial charge in [-0.05, 0) is 19.1 Å². The van der Waals surface area contributed by atoms with Crippen molar-refractivity contribution in [2.24, 2.45) is 0 Å². The molecular weight excluding hydrogens is 247 g/mol. The highest BCUT2D eigenvalue weighted by molar-refractivity contribution is 7.71. The molecular formula is C13H17N2O2P. The van der Waals surface area contributed by atoms with Gasteiger partial charge in [0.05, 0.1) is 5.52 Å². The molecule has 0 saturated carbocycles. The Bertz CT molecular complexity index is 683. The van der Waals surface area contributed by atoms with Gasteiger partial charge in [0.15, 0.2) is 0 Å². The van der Waals surface area contributed by atoms with E-state index in [1.807, 2.05) is 13.8 Å². The number of aromatic nitrogens is 2. The first-order chi connectivity index (χ1) is 8.51. The van der Waals surface area contributed by atoms with Gasteiger partial charge >= 0.3 is 0 Å². The highest BCUT2D eigenvalue weighted by Gasteiger charge is 2.22. The summed E-state index contributed by atoms with van der Waals surface area (Å²) in [6, 6.07) is 3.55. The second-order valence-corrected chi connectivity index (χ2v) is 7.89. The van der Waals surface area contributed by atoms with E-state index in [-0.39, 0.29) is 5.43 Å². The van der Waals surface area contributed by atoms with E-state index in [4.69, 9.17) is 0 Å². The van der Waals surface area contributed by atoms with Crippen molar-refractivity contribution in [3.8, 4) is 0 Å². The van der Waals surface area contributed by atoms with Crippen LogP contribution in [0.1, 0.15) is 19.4 Å². The highest BCUT2D eigenvalue weighted by Crippen LogP contribution is 2.42. The van der Waals surface area contributed by atoms with Crippen LogP contribution in [0.25, 0.3) is 11.0 Å². The normalized spacial score (nSPS) is 11.9. The zero-order chi connectivity index (χ0) is 13.3. The molecule has 0 spiro atoms. The molecule has 0 amide bonds. The van der Waals surface area contributed by atoms with Crippen molar-refractivity contribution in [3.05, 3.63) is 34.1 Å². The Kier molecular flexibility index (Phi) is 3.40. The molecule has 0 fully saturated rings. The average molecular weight is 264 g/mol. The van der Waals surface area contributed by atoms with Gasteiger partial charge in [0.25, 0.3) is 0 Å². The molecule has 0 atom stereocenters. The number of aromatic amines is 1. The van der Waals surface area contributed by atoms with E-state index in [2.05, 4.69) is 9.97 Å². The van der Waals surface area contributed by atoms with Gasteiger partial charge in [-0.15, -0.1) is 0 Å². The summed E-state index contributed by atoms with van der Waals surface area (Å²) in [5.41, 5.74) is 2.16. The summed E-state index contributed by atoms with van der Waals surface area (Å²) in [6.07, 6.45) is 2.82. The number of pyridine rings is 2. The molecule has 5 heteroatoms. The zero-order valence-electron chi connectivity index (χ0n) is 10.9. The van der Waals surface area contributed by atoms with Crippen LogP contribution in [-0.4, -0.2) is 22.3 Å². The molecule has 1 N–H and O–H groups in total. The minimum Gasteiger partial charge on any atom is -0.359 e. The minimum atomic E-state index is -2.44. The number of nitrogens with one attached hydrogen (secondary N) is 1. The van der Waals surface area contributed by atoms with E-state index in [0.717, 1.165) is 0 Å². The van der Waals surface area contributed by atoms with Crippen LogP contribution in [0.3, 0.4) is 0 Å². The Balaban J connectivity index is 2.74. The minimum absolute atomic E-state index is 0.0932. The first-order valence-electron chi connectivity index (χ1n) is 6.09. The van der Waals surface area contributed by atoms with Gasteiger partial charge in [-0.2, -0.15) is 0 Å². The number of H-pyrrole nitrogens is 1. The van der Waals surface area contributed by atoms with Gasteiger partial charge < -0.3 is 9.55 Å². The molecule has 96 valence electrons. The Morgan fingerprint density at radius 2 is 1.94 bits per heavy atom. The van der Waals surface area contributed by atoms with Gasteiger partial charge in [0.2, 0.25) is 5.43 Å². The van der Waals surface area contributed by atoms with Crippen molar-refractivity contribution in [2.45, 2.75) is 20.8 Å². The predicted octanol–water partition coefficient (Wildman–Crippen LogP) is 2.26. The van der Waals surface area contributed by atoms with Crippen LogP contribution in [0.2, 0.25) is 0 Å². The molecule has 0 aliphatic rings. The standard InChI is InChI=1S/C13H17N2O2P/c1-4-18(17,5-2)11-7-6-10-12(15-11)13(16)9(3)8-14-10/h6-8H,4-5H2,1-3H3,(H,14,16). The summed E-state index contributed by atoms with van der Waals surface area (Å²) < 4.78 is 12.6. The zero-order valence-corrected chi connectivity index (χ0v) is 11.8. The lowest BCUT2D eigenvalue weighted by molar-refractivity contribution is 0.582. The van der Waals surface area contributed by atoms with Gasteiger partial charge in [-0.25, -0.2) is 4.98 Å². The topological polar surface area (TPSA) is 62.8 Å². The van der Waals surface area contributed by atoms with Crippen LogP contribution in [0.15, 0.2) is 23.1 Å². The molecule has 4 nitrogen and oxygen atoms in total. The third-order valence-corrected chi connectivity index (χ3v) is 6.46. The number of aryl methyl sites for hydroxylation is 1. The van der Waals surface area contributed by atoms with E-state index in [1.54, 1.807) is 25.3 Å². The third kappa shape index (κ3) is 2.01. The van der Waals surface area contributed by atoms with Crippen molar-refractivity contribution in [1.29, 1.82) is 0 Å². The van der Waals surface area contributed by atoms with E-state index in [0.29, 0.717) is 34.4 Å². The van der Waals surface area contributed by atoms with Gasteiger partial charge in [-0.3, -0.25) is 4.79 Å². The lowest BCUT2D eigenvalue weighted by Gasteiger charge is -2.13. The molecule has 2 aromatic heterocycles. The monoisotopic (exact) mass is 264 g/mol. The third-order valence-electron chi connectivity index (χ3n) is 3.34. The SMILES string of the molecule is CCP(=O)(CC)c1ccc2[nH]cc(C)c(=O)c2n1.